The minimum absolute atomic E-state index is 0.0115. The van der Waals surface area contributed by atoms with Crippen molar-refractivity contribution < 1.29 is 9.53 Å². The van der Waals surface area contributed by atoms with E-state index in [0.717, 1.165) is 38.3 Å². The molecule has 30 heavy (non-hydrogen) atoms. The second kappa shape index (κ2) is 8.16. The van der Waals surface area contributed by atoms with Gasteiger partial charge in [0.1, 0.15) is 0 Å². The van der Waals surface area contributed by atoms with Gasteiger partial charge < -0.3 is 9.64 Å². The zero-order valence-corrected chi connectivity index (χ0v) is 17.9. The van der Waals surface area contributed by atoms with Crippen LogP contribution in [0.4, 0.5) is 0 Å². The number of carbonyl (C=O) groups excluding carboxylic acids is 1. The average Bonchev–Trinajstić information content (AvgIpc) is 3.31. The molecule has 0 bridgehead atoms. The van der Waals surface area contributed by atoms with E-state index < -0.39 is 5.60 Å². The Labute approximate surface area is 178 Å². The maximum atomic E-state index is 13.8. The van der Waals surface area contributed by atoms with Gasteiger partial charge >= 0.3 is 0 Å². The van der Waals surface area contributed by atoms with Crippen LogP contribution in [0.5, 0.6) is 0 Å². The zero-order chi connectivity index (χ0) is 20.6. The molecule has 2 atom stereocenters. The maximum absolute atomic E-state index is 13.8. The molecule has 6 nitrogen and oxygen atoms in total. The molecule has 0 unspecified atom stereocenters. The van der Waals surface area contributed by atoms with Crippen molar-refractivity contribution in [2.24, 2.45) is 13.0 Å². The molecule has 1 aromatic heterocycles. The van der Waals surface area contributed by atoms with Gasteiger partial charge in [-0.3, -0.25) is 14.4 Å². The number of ether oxygens (including phenoxy) is 1. The van der Waals surface area contributed by atoms with Crippen LogP contribution < -0.4 is 0 Å². The molecule has 5 rings (SSSR count). The van der Waals surface area contributed by atoms with E-state index in [-0.39, 0.29) is 11.8 Å². The summed E-state index contributed by atoms with van der Waals surface area (Å²) in [6.07, 6.45) is 6.63. The molecule has 2 saturated heterocycles. The number of morpholine rings is 1. The quantitative estimate of drug-likeness (QED) is 0.737. The summed E-state index contributed by atoms with van der Waals surface area (Å²) in [6, 6.07) is 12.6. The smallest absolute Gasteiger partial charge is 0.257 e. The first-order valence-electron chi connectivity index (χ1n) is 11.3. The Balaban J connectivity index is 1.38. The summed E-state index contributed by atoms with van der Waals surface area (Å²) in [5.41, 5.74) is 1.64. The lowest BCUT2D eigenvalue weighted by Crippen LogP contribution is -2.61. The molecule has 3 heterocycles. The molecule has 0 N–H and O–H groups in total. The molecular weight excluding hydrogens is 376 g/mol. The maximum Gasteiger partial charge on any atom is 0.257 e. The number of hydrogen-bond acceptors (Lipinski definition) is 4. The minimum atomic E-state index is -0.785. The monoisotopic (exact) mass is 408 g/mol. The third-order valence-corrected chi connectivity index (χ3v) is 7.31. The van der Waals surface area contributed by atoms with Crippen LogP contribution in [0, 0.1) is 5.92 Å². The van der Waals surface area contributed by atoms with Crippen molar-refractivity contribution in [2.45, 2.75) is 37.2 Å². The van der Waals surface area contributed by atoms with E-state index in [1.54, 1.807) is 0 Å². The lowest BCUT2D eigenvalue weighted by Gasteiger charge is -2.44. The molecule has 3 aliphatic rings. The first kappa shape index (κ1) is 19.8. The Bertz CT molecular complexity index is 878. The average molecular weight is 409 g/mol. The number of hydrogen-bond donors (Lipinski definition) is 0. The van der Waals surface area contributed by atoms with Crippen molar-refractivity contribution in [3.8, 4) is 0 Å². The van der Waals surface area contributed by atoms with Gasteiger partial charge in [0.05, 0.1) is 12.5 Å². The topological polar surface area (TPSA) is 50.6 Å². The Kier molecular flexibility index (Phi) is 5.37. The number of aromatic nitrogens is 2. The molecule has 1 spiro atoms. The third kappa shape index (κ3) is 3.56. The van der Waals surface area contributed by atoms with Crippen LogP contribution in [-0.2, 0) is 23.0 Å². The minimum Gasteiger partial charge on any atom is -0.361 e. The number of likely N-dealkylation sites (tertiary alicyclic amines) is 1. The largest absolute Gasteiger partial charge is 0.361 e. The molecule has 2 aromatic rings. The van der Waals surface area contributed by atoms with Gasteiger partial charge in [-0.15, -0.1) is 0 Å². The van der Waals surface area contributed by atoms with E-state index in [0.29, 0.717) is 19.1 Å². The van der Waals surface area contributed by atoms with Crippen LogP contribution in [-0.4, -0.2) is 70.4 Å². The first-order chi connectivity index (χ1) is 14.7. The summed E-state index contributed by atoms with van der Waals surface area (Å²) < 4.78 is 8.31. The molecule has 1 saturated carbocycles. The summed E-state index contributed by atoms with van der Waals surface area (Å²) in [4.78, 5) is 18.3. The van der Waals surface area contributed by atoms with Crippen molar-refractivity contribution >= 4 is 5.91 Å². The molecule has 6 heteroatoms. The van der Waals surface area contributed by atoms with Crippen molar-refractivity contribution in [1.29, 1.82) is 0 Å². The van der Waals surface area contributed by atoms with E-state index in [9.17, 15) is 4.79 Å². The summed E-state index contributed by atoms with van der Waals surface area (Å²) in [5, 5.41) is 4.39. The summed E-state index contributed by atoms with van der Waals surface area (Å²) >= 11 is 0. The molecule has 0 radical (unpaired) electrons. The van der Waals surface area contributed by atoms with Crippen LogP contribution in [0.1, 0.15) is 36.4 Å². The van der Waals surface area contributed by atoms with Gasteiger partial charge in [-0.25, -0.2) is 0 Å². The summed E-state index contributed by atoms with van der Waals surface area (Å²) in [6.45, 7) is 4.66. The number of rotatable bonds is 6. The standard InChI is InChI=1S/C24H32N4O2/c1-26-22(10-12-25-26)21-17-27(13-11-19-6-3-2-4-7-19)18-24(21)23(29)28(14-15-30-24)16-20-8-5-9-20/h2-4,6-7,10,12,20-21H,5,8-9,11,13-18H2,1H3/t21-,24-/m1/s1. The highest BCUT2D eigenvalue weighted by molar-refractivity contribution is 5.88. The van der Waals surface area contributed by atoms with E-state index in [2.05, 4.69) is 51.3 Å². The highest BCUT2D eigenvalue weighted by atomic mass is 16.5. The normalized spacial score (nSPS) is 27.7. The van der Waals surface area contributed by atoms with Gasteiger partial charge in [0, 0.05) is 51.7 Å². The SMILES string of the molecule is Cn1nccc1[C@H]1CN(CCc2ccccc2)C[C@@]12OCCN(CC1CCC1)C2=O. The van der Waals surface area contributed by atoms with Crippen LogP contribution in [0.15, 0.2) is 42.6 Å². The van der Waals surface area contributed by atoms with Crippen LogP contribution in [0.3, 0.4) is 0 Å². The van der Waals surface area contributed by atoms with Gasteiger partial charge in [0.25, 0.3) is 5.91 Å². The molecular formula is C24H32N4O2. The fraction of sp³-hybridized carbons (Fsp3) is 0.583. The van der Waals surface area contributed by atoms with Crippen molar-refractivity contribution in [1.82, 2.24) is 19.6 Å². The highest BCUT2D eigenvalue weighted by Gasteiger charge is 2.57. The molecule has 1 aliphatic carbocycles. The molecule has 3 fully saturated rings. The van der Waals surface area contributed by atoms with Crippen LogP contribution in [0.2, 0.25) is 0 Å². The van der Waals surface area contributed by atoms with Crippen LogP contribution in [0.25, 0.3) is 0 Å². The van der Waals surface area contributed by atoms with Crippen molar-refractivity contribution in [2.75, 3.05) is 39.3 Å². The molecule has 160 valence electrons. The Morgan fingerprint density at radius 2 is 2.03 bits per heavy atom. The number of benzene rings is 1. The molecule has 1 aromatic carbocycles. The Morgan fingerprint density at radius 1 is 1.20 bits per heavy atom. The predicted octanol–water partition coefficient (Wildman–Crippen LogP) is 2.46. The number of nitrogens with zero attached hydrogens (tertiary/aromatic N) is 4. The predicted molar refractivity (Wildman–Crippen MR) is 115 cm³/mol. The van der Waals surface area contributed by atoms with Crippen molar-refractivity contribution in [3.63, 3.8) is 0 Å². The fourth-order valence-electron chi connectivity index (χ4n) is 5.37. The van der Waals surface area contributed by atoms with Gasteiger partial charge in [-0.05, 0) is 36.8 Å². The lowest BCUT2D eigenvalue weighted by atomic mass is 9.82. The fourth-order valence-corrected chi connectivity index (χ4v) is 5.37. The number of amides is 1. The van der Waals surface area contributed by atoms with E-state index >= 15 is 0 Å². The number of aryl methyl sites for hydroxylation is 1. The Hall–Kier alpha value is -2.18. The van der Waals surface area contributed by atoms with Gasteiger partial charge in [0.15, 0.2) is 5.60 Å². The summed E-state index contributed by atoms with van der Waals surface area (Å²) in [7, 11) is 1.97. The Morgan fingerprint density at radius 3 is 2.73 bits per heavy atom. The third-order valence-electron chi connectivity index (χ3n) is 7.31. The van der Waals surface area contributed by atoms with Gasteiger partial charge in [0.2, 0.25) is 0 Å². The highest BCUT2D eigenvalue weighted by Crippen LogP contribution is 2.42. The van der Waals surface area contributed by atoms with Gasteiger partial charge in [-0.1, -0.05) is 36.8 Å². The molecule has 1 amide bonds. The molecule has 2 aliphatic heterocycles. The second-order valence-corrected chi connectivity index (χ2v) is 9.19. The number of carbonyl (C=O) groups is 1. The van der Waals surface area contributed by atoms with Crippen molar-refractivity contribution in [3.05, 3.63) is 53.9 Å². The lowest BCUT2D eigenvalue weighted by molar-refractivity contribution is -0.173. The first-order valence-corrected chi connectivity index (χ1v) is 11.3. The van der Waals surface area contributed by atoms with Crippen LogP contribution >= 0.6 is 0 Å². The van der Waals surface area contributed by atoms with Gasteiger partial charge in [-0.2, -0.15) is 5.10 Å². The van der Waals surface area contributed by atoms with E-state index in [4.69, 9.17) is 4.74 Å². The second-order valence-electron chi connectivity index (χ2n) is 9.19. The zero-order valence-electron chi connectivity index (χ0n) is 17.9. The van der Waals surface area contributed by atoms with E-state index in [1.807, 2.05) is 17.9 Å². The van der Waals surface area contributed by atoms with E-state index in [1.165, 1.54) is 24.8 Å². The summed E-state index contributed by atoms with van der Waals surface area (Å²) in [5.74, 6) is 0.876.